The smallest absolute Gasteiger partial charge is 0.277 e. The molecule has 5 rings (SSSR count). The molecule has 1 amide bonds. The van der Waals surface area contributed by atoms with Crippen molar-refractivity contribution in [3.05, 3.63) is 112 Å². The summed E-state index contributed by atoms with van der Waals surface area (Å²) in [5, 5.41) is 19.1. The molecule has 1 aliphatic heterocycles. The van der Waals surface area contributed by atoms with E-state index in [1.165, 1.54) is 6.07 Å². The Balaban J connectivity index is 1.79. The van der Waals surface area contributed by atoms with Gasteiger partial charge in [-0.1, -0.05) is 60.7 Å². The highest BCUT2D eigenvalue weighted by atomic mass is 16.6. The number of carbonyl (C=O) groups is 1. The minimum absolute atomic E-state index is 0.0377. The van der Waals surface area contributed by atoms with Gasteiger partial charge in [0.1, 0.15) is 5.69 Å². The van der Waals surface area contributed by atoms with Crippen LogP contribution < -0.4 is 4.90 Å². The first-order valence-corrected chi connectivity index (χ1v) is 9.42. The molecule has 0 saturated heterocycles. The molecule has 0 aliphatic carbocycles. The van der Waals surface area contributed by atoms with Gasteiger partial charge in [0.25, 0.3) is 11.6 Å². The lowest BCUT2D eigenvalue weighted by Crippen LogP contribution is -2.29. The highest BCUT2D eigenvalue weighted by molar-refractivity contribution is 6.11. The number of carbonyl (C=O) groups excluding carboxylic acids is 1. The summed E-state index contributed by atoms with van der Waals surface area (Å²) in [6.45, 7) is 0. The Morgan fingerprint density at radius 1 is 0.900 bits per heavy atom. The quantitative estimate of drug-likeness (QED) is 0.398. The molecule has 1 aliphatic rings. The van der Waals surface area contributed by atoms with Crippen molar-refractivity contribution in [2.75, 3.05) is 4.90 Å². The van der Waals surface area contributed by atoms with Gasteiger partial charge in [0.2, 0.25) is 0 Å². The molecule has 0 radical (unpaired) electrons. The van der Waals surface area contributed by atoms with E-state index in [0.29, 0.717) is 28.2 Å². The summed E-state index contributed by atoms with van der Waals surface area (Å²) in [6.07, 6.45) is 0. The Kier molecular flexibility index (Phi) is 4.14. The van der Waals surface area contributed by atoms with Crippen molar-refractivity contribution < 1.29 is 9.72 Å². The third-order valence-electron chi connectivity index (χ3n) is 5.28. The van der Waals surface area contributed by atoms with Crippen LogP contribution in [0.3, 0.4) is 0 Å². The summed E-state index contributed by atoms with van der Waals surface area (Å²) >= 11 is 0. The predicted molar refractivity (Wildman–Crippen MR) is 112 cm³/mol. The molecule has 3 aromatic carbocycles. The Labute approximate surface area is 171 Å². The number of hydrogen-bond donors (Lipinski definition) is 1. The molecule has 0 fully saturated rings. The van der Waals surface area contributed by atoms with Gasteiger partial charge in [-0.3, -0.25) is 24.9 Å². The average Bonchev–Trinajstić information content (AvgIpc) is 3.34. The molecule has 1 aromatic heterocycles. The number of fused-ring (bicyclic) bond motifs is 1. The van der Waals surface area contributed by atoms with Crippen LogP contribution in [0.5, 0.6) is 0 Å². The number of benzene rings is 3. The molecular formula is C23H16N4O3. The van der Waals surface area contributed by atoms with Gasteiger partial charge in [0.15, 0.2) is 0 Å². The fourth-order valence-electron chi connectivity index (χ4n) is 4.00. The minimum Gasteiger partial charge on any atom is -0.295 e. The second-order valence-electron chi connectivity index (χ2n) is 6.96. The average molecular weight is 396 g/mol. The highest BCUT2D eigenvalue weighted by Crippen LogP contribution is 2.46. The topological polar surface area (TPSA) is 92.1 Å². The maximum Gasteiger partial charge on any atom is 0.277 e. The largest absolute Gasteiger partial charge is 0.295 e. The van der Waals surface area contributed by atoms with Crippen molar-refractivity contribution >= 4 is 17.3 Å². The zero-order chi connectivity index (χ0) is 20.7. The van der Waals surface area contributed by atoms with Gasteiger partial charge in [-0.25, -0.2) is 0 Å². The van der Waals surface area contributed by atoms with Crippen LogP contribution in [-0.2, 0) is 0 Å². The van der Waals surface area contributed by atoms with Crippen molar-refractivity contribution in [1.82, 2.24) is 10.2 Å². The number of para-hydroxylation sites is 2. The number of rotatable bonds is 4. The normalized spacial score (nSPS) is 15.3. The second kappa shape index (κ2) is 6.97. The Bertz CT molecular complexity index is 1250. The first-order valence-electron chi connectivity index (χ1n) is 9.42. The standard InChI is InChI=1S/C23H16N4O3/c28-23-21-19(20(24-25-21)15-9-3-1-4-10-15)22(26(23)16-11-5-2-6-12-16)17-13-7-8-14-18(17)27(29)30/h1-14,22H,(H,24,25). The molecule has 0 bridgehead atoms. The molecular weight excluding hydrogens is 380 g/mol. The number of nitrogens with one attached hydrogen (secondary N) is 1. The summed E-state index contributed by atoms with van der Waals surface area (Å²) in [5.74, 6) is -0.269. The van der Waals surface area contributed by atoms with Crippen LogP contribution in [0.2, 0.25) is 0 Å². The summed E-state index contributed by atoms with van der Waals surface area (Å²) in [6, 6.07) is 24.5. The van der Waals surface area contributed by atoms with E-state index in [4.69, 9.17) is 0 Å². The number of hydrogen-bond acceptors (Lipinski definition) is 4. The van der Waals surface area contributed by atoms with Crippen molar-refractivity contribution in [3.8, 4) is 11.3 Å². The van der Waals surface area contributed by atoms with Crippen LogP contribution >= 0.6 is 0 Å². The number of aromatic amines is 1. The van der Waals surface area contributed by atoms with Gasteiger partial charge in [-0.15, -0.1) is 0 Å². The molecule has 30 heavy (non-hydrogen) atoms. The summed E-state index contributed by atoms with van der Waals surface area (Å²) in [4.78, 5) is 26.4. The molecule has 0 spiro atoms. The van der Waals surface area contributed by atoms with E-state index in [1.807, 2.05) is 60.7 Å². The zero-order valence-electron chi connectivity index (χ0n) is 15.7. The van der Waals surface area contributed by atoms with Gasteiger partial charge in [-0.2, -0.15) is 5.10 Å². The molecule has 7 heteroatoms. The van der Waals surface area contributed by atoms with Crippen LogP contribution in [0.15, 0.2) is 84.9 Å². The van der Waals surface area contributed by atoms with E-state index < -0.39 is 11.0 Å². The fraction of sp³-hybridized carbons (Fsp3) is 0.0435. The predicted octanol–water partition coefficient (Wildman–Crippen LogP) is 4.73. The van der Waals surface area contributed by atoms with Gasteiger partial charge in [-0.05, 0) is 18.2 Å². The second-order valence-corrected chi connectivity index (χ2v) is 6.96. The highest BCUT2D eigenvalue weighted by Gasteiger charge is 2.45. The van der Waals surface area contributed by atoms with Gasteiger partial charge < -0.3 is 0 Å². The molecule has 4 aromatic rings. The summed E-state index contributed by atoms with van der Waals surface area (Å²) in [5.41, 5.74) is 3.50. The molecule has 1 N–H and O–H groups in total. The van der Waals surface area contributed by atoms with E-state index in [9.17, 15) is 14.9 Å². The number of aromatic nitrogens is 2. The maximum absolute atomic E-state index is 13.4. The number of nitro benzene ring substituents is 1. The van der Waals surface area contributed by atoms with Crippen LogP contribution in [0.1, 0.15) is 27.7 Å². The van der Waals surface area contributed by atoms with E-state index in [0.717, 1.165) is 5.56 Å². The number of nitrogens with zero attached hydrogens (tertiary/aromatic N) is 3. The molecule has 2 heterocycles. The molecule has 1 atom stereocenters. The van der Waals surface area contributed by atoms with Crippen molar-refractivity contribution in [2.24, 2.45) is 0 Å². The number of nitro groups is 1. The lowest BCUT2D eigenvalue weighted by atomic mass is 9.94. The third kappa shape index (κ3) is 2.68. The first-order chi connectivity index (χ1) is 14.7. The fourth-order valence-corrected chi connectivity index (χ4v) is 4.00. The molecule has 146 valence electrons. The summed E-state index contributed by atoms with van der Waals surface area (Å²) in [7, 11) is 0. The van der Waals surface area contributed by atoms with Crippen molar-refractivity contribution in [1.29, 1.82) is 0 Å². The van der Waals surface area contributed by atoms with Crippen molar-refractivity contribution in [3.63, 3.8) is 0 Å². The lowest BCUT2D eigenvalue weighted by Gasteiger charge is -2.26. The third-order valence-corrected chi connectivity index (χ3v) is 5.28. The maximum atomic E-state index is 13.4. The van der Waals surface area contributed by atoms with E-state index in [2.05, 4.69) is 10.2 Å². The Hall–Kier alpha value is -4.26. The minimum atomic E-state index is -0.676. The van der Waals surface area contributed by atoms with E-state index in [-0.39, 0.29) is 11.6 Å². The number of anilines is 1. The van der Waals surface area contributed by atoms with Crippen LogP contribution in [0, 0.1) is 10.1 Å². The van der Waals surface area contributed by atoms with E-state index >= 15 is 0 Å². The first kappa shape index (κ1) is 17.8. The van der Waals surface area contributed by atoms with Crippen LogP contribution in [0.4, 0.5) is 11.4 Å². The monoisotopic (exact) mass is 396 g/mol. The van der Waals surface area contributed by atoms with E-state index in [1.54, 1.807) is 23.1 Å². The number of H-pyrrole nitrogens is 1. The van der Waals surface area contributed by atoms with Crippen LogP contribution in [0.25, 0.3) is 11.3 Å². The van der Waals surface area contributed by atoms with Gasteiger partial charge in [0.05, 0.1) is 22.2 Å². The summed E-state index contributed by atoms with van der Waals surface area (Å²) < 4.78 is 0. The lowest BCUT2D eigenvalue weighted by molar-refractivity contribution is -0.385. The Morgan fingerprint density at radius 3 is 2.23 bits per heavy atom. The van der Waals surface area contributed by atoms with Crippen LogP contribution in [-0.4, -0.2) is 21.0 Å². The SMILES string of the molecule is O=C1c2[nH]nc(-c3ccccc3)c2C(c2ccccc2[N+](=O)[O-])N1c1ccccc1. The van der Waals surface area contributed by atoms with Gasteiger partial charge in [0, 0.05) is 22.9 Å². The Morgan fingerprint density at radius 2 is 1.53 bits per heavy atom. The molecule has 7 nitrogen and oxygen atoms in total. The van der Waals surface area contributed by atoms with Gasteiger partial charge >= 0.3 is 0 Å². The molecule has 1 unspecified atom stereocenters. The molecule has 0 saturated carbocycles. The van der Waals surface area contributed by atoms with Crippen molar-refractivity contribution in [2.45, 2.75) is 6.04 Å². The number of amides is 1. The zero-order valence-corrected chi connectivity index (χ0v) is 15.7.